The lowest BCUT2D eigenvalue weighted by molar-refractivity contribution is -0.384. The van der Waals surface area contributed by atoms with Gasteiger partial charge in [-0.1, -0.05) is 19.1 Å². The summed E-state index contributed by atoms with van der Waals surface area (Å²) >= 11 is 0. The van der Waals surface area contributed by atoms with Crippen molar-refractivity contribution < 1.29 is 14.5 Å². The van der Waals surface area contributed by atoms with Crippen LogP contribution in [0.1, 0.15) is 23.7 Å². The van der Waals surface area contributed by atoms with Crippen LogP contribution in [0, 0.1) is 10.1 Å². The van der Waals surface area contributed by atoms with Gasteiger partial charge in [-0.25, -0.2) is 4.98 Å². The molecule has 3 aromatic rings. The first-order valence-corrected chi connectivity index (χ1v) is 9.33. The molecule has 2 aromatic carbocycles. The van der Waals surface area contributed by atoms with Gasteiger partial charge in [0.1, 0.15) is 5.69 Å². The average molecular weight is 397 g/mol. The largest absolute Gasteiger partial charge is 0.383 e. The molecular formula is C20H23N5O4. The number of carbonyl (C=O) groups is 1. The predicted molar refractivity (Wildman–Crippen MR) is 111 cm³/mol. The minimum atomic E-state index is -0.516. The van der Waals surface area contributed by atoms with Crippen molar-refractivity contribution in [1.29, 1.82) is 0 Å². The smallest absolute Gasteiger partial charge is 0.293 e. The number of methoxy groups -OCH3 is 1. The lowest BCUT2D eigenvalue weighted by Gasteiger charge is -2.10. The van der Waals surface area contributed by atoms with Crippen molar-refractivity contribution in [3.8, 4) is 0 Å². The monoisotopic (exact) mass is 397 g/mol. The van der Waals surface area contributed by atoms with Gasteiger partial charge in [0.05, 0.1) is 22.6 Å². The van der Waals surface area contributed by atoms with Crippen molar-refractivity contribution in [2.75, 3.05) is 30.9 Å². The zero-order valence-electron chi connectivity index (χ0n) is 16.3. The number of nitro benzene ring substituents is 1. The summed E-state index contributed by atoms with van der Waals surface area (Å²) in [4.78, 5) is 28.2. The molecule has 0 bridgehead atoms. The minimum absolute atomic E-state index is 0.171. The number of amides is 1. The summed E-state index contributed by atoms with van der Waals surface area (Å²) in [6.07, 6.45) is 0.872. The summed E-state index contributed by atoms with van der Waals surface area (Å²) < 4.78 is 6.88. The van der Waals surface area contributed by atoms with Gasteiger partial charge in [0, 0.05) is 31.8 Å². The molecule has 1 aromatic heterocycles. The number of para-hydroxylation sites is 2. The van der Waals surface area contributed by atoms with E-state index in [0.717, 1.165) is 17.5 Å². The van der Waals surface area contributed by atoms with Crippen LogP contribution in [0.25, 0.3) is 11.0 Å². The van der Waals surface area contributed by atoms with Gasteiger partial charge in [0.25, 0.3) is 11.6 Å². The van der Waals surface area contributed by atoms with E-state index in [-0.39, 0.29) is 11.3 Å². The Morgan fingerprint density at radius 2 is 2.07 bits per heavy atom. The van der Waals surface area contributed by atoms with Crippen LogP contribution in [-0.2, 0) is 11.3 Å². The quantitative estimate of drug-likeness (QED) is 0.324. The molecule has 0 spiro atoms. The summed E-state index contributed by atoms with van der Waals surface area (Å²) in [7, 11) is 1.55. The van der Waals surface area contributed by atoms with Crippen LogP contribution < -0.4 is 10.6 Å². The van der Waals surface area contributed by atoms with E-state index in [1.54, 1.807) is 13.2 Å². The van der Waals surface area contributed by atoms with Crippen LogP contribution >= 0.6 is 0 Å². The second-order valence-electron chi connectivity index (χ2n) is 6.44. The molecule has 0 saturated carbocycles. The zero-order valence-corrected chi connectivity index (χ0v) is 16.3. The number of anilines is 2. The summed E-state index contributed by atoms with van der Waals surface area (Å²) in [5, 5.41) is 17.2. The van der Waals surface area contributed by atoms with E-state index in [4.69, 9.17) is 4.74 Å². The Balaban J connectivity index is 1.87. The molecule has 0 atom stereocenters. The number of nitro groups is 1. The highest BCUT2D eigenvalue weighted by atomic mass is 16.6. The topological polar surface area (TPSA) is 111 Å². The molecule has 0 aliphatic rings. The van der Waals surface area contributed by atoms with E-state index >= 15 is 0 Å². The summed E-state index contributed by atoms with van der Waals surface area (Å²) in [6, 6.07) is 12.0. The number of imidazole rings is 1. The summed E-state index contributed by atoms with van der Waals surface area (Å²) in [5.41, 5.74) is 2.05. The fourth-order valence-electron chi connectivity index (χ4n) is 3.06. The first-order valence-electron chi connectivity index (χ1n) is 9.33. The summed E-state index contributed by atoms with van der Waals surface area (Å²) in [5.74, 6) is -0.0350. The highest BCUT2D eigenvalue weighted by molar-refractivity contribution is 6.05. The van der Waals surface area contributed by atoms with Crippen molar-refractivity contribution >= 4 is 34.3 Å². The fraction of sp³-hybridized carbons (Fsp3) is 0.300. The molecule has 9 nitrogen and oxygen atoms in total. The van der Waals surface area contributed by atoms with Gasteiger partial charge in [-0.2, -0.15) is 0 Å². The molecule has 9 heteroatoms. The van der Waals surface area contributed by atoms with E-state index in [9.17, 15) is 14.9 Å². The Bertz CT molecular complexity index is 1030. The van der Waals surface area contributed by atoms with Crippen LogP contribution in [0.3, 0.4) is 0 Å². The first-order chi connectivity index (χ1) is 14.0. The van der Waals surface area contributed by atoms with Crippen LogP contribution in [0.5, 0.6) is 0 Å². The number of fused-ring (bicyclic) bond motifs is 1. The van der Waals surface area contributed by atoms with Crippen molar-refractivity contribution in [1.82, 2.24) is 9.55 Å². The molecule has 0 radical (unpaired) electrons. The predicted octanol–water partition coefficient (Wildman–Crippen LogP) is 3.67. The number of benzene rings is 2. The number of hydrogen-bond donors (Lipinski definition) is 2. The van der Waals surface area contributed by atoms with Crippen molar-refractivity contribution in [3.63, 3.8) is 0 Å². The van der Waals surface area contributed by atoms with Gasteiger partial charge in [-0.3, -0.25) is 20.2 Å². The van der Waals surface area contributed by atoms with Crippen molar-refractivity contribution in [2.45, 2.75) is 19.9 Å². The maximum atomic E-state index is 12.8. The molecule has 3 rings (SSSR count). The van der Waals surface area contributed by atoms with E-state index in [1.165, 1.54) is 12.1 Å². The van der Waals surface area contributed by atoms with Crippen LogP contribution in [0.15, 0.2) is 42.5 Å². The Morgan fingerprint density at radius 3 is 2.79 bits per heavy atom. The van der Waals surface area contributed by atoms with Gasteiger partial charge >= 0.3 is 0 Å². The third kappa shape index (κ3) is 4.52. The van der Waals surface area contributed by atoms with Crippen molar-refractivity contribution in [2.24, 2.45) is 0 Å². The SMILES string of the molecule is CCCn1c(NC(=O)c2ccc(NCCOC)c([N+](=O)[O-])c2)nc2ccccc21. The number of ether oxygens (including phenoxy) is 1. The number of nitrogens with zero attached hydrogens (tertiary/aromatic N) is 3. The van der Waals surface area contributed by atoms with Gasteiger partial charge in [-0.05, 0) is 30.7 Å². The van der Waals surface area contributed by atoms with Gasteiger partial charge < -0.3 is 14.6 Å². The molecular weight excluding hydrogens is 374 g/mol. The first kappa shape index (κ1) is 20.3. The molecule has 1 amide bonds. The third-order valence-corrected chi connectivity index (χ3v) is 4.41. The number of hydrogen-bond acceptors (Lipinski definition) is 6. The van der Waals surface area contributed by atoms with Crippen LogP contribution in [0.2, 0.25) is 0 Å². The maximum Gasteiger partial charge on any atom is 0.293 e. The average Bonchev–Trinajstić information content (AvgIpc) is 3.05. The van der Waals surface area contributed by atoms with Crippen molar-refractivity contribution in [3.05, 3.63) is 58.1 Å². The molecule has 0 fully saturated rings. The highest BCUT2D eigenvalue weighted by Gasteiger charge is 2.19. The Kier molecular flexibility index (Phi) is 6.40. The van der Waals surface area contributed by atoms with E-state index < -0.39 is 10.8 Å². The van der Waals surface area contributed by atoms with Crippen LogP contribution in [-0.4, -0.2) is 40.6 Å². The summed E-state index contributed by atoms with van der Waals surface area (Å²) in [6.45, 7) is 3.56. The number of nitrogens with one attached hydrogen (secondary N) is 2. The Morgan fingerprint density at radius 1 is 1.28 bits per heavy atom. The van der Waals surface area contributed by atoms with Crippen LogP contribution in [0.4, 0.5) is 17.3 Å². The van der Waals surface area contributed by atoms with Gasteiger partial charge in [-0.15, -0.1) is 0 Å². The normalized spacial score (nSPS) is 10.8. The molecule has 1 heterocycles. The molecule has 29 heavy (non-hydrogen) atoms. The molecule has 0 unspecified atom stereocenters. The number of rotatable bonds is 9. The number of carbonyl (C=O) groups excluding carboxylic acids is 1. The molecule has 152 valence electrons. The molecule has 0 aliphatic heterocycles. The second kappa shape index (κ2) is 9.16. The number of aryl methyl sites for hydroxylation is 1. The number of aromatic nitrogens is 2. The lowest BCUT2D eigenvalue weighted by Crippen LogP contribution is -2.17. The van der Waals surface area contributed by atoms with E-state index in [2.05, 4.69) is 15.6 Å². The Labute approximate surface area is 167 Å². The van der Waals surface area contributed by atoms with E-state index in [0.29, 0.717) is 31.3 Å². The third-order valence-electron chi connectivity index (χ3n) is 4.41. The highest BCUT2D eigenvalue weighted by Crippen LogP contribution is 2.26. The molecule has 0 aliphatic carbocycles. The zero-order chi connectivity index (χ0) is 20.8. The fourth-order valence-corrected chi connectivity index (χ4v) is 3.06. The van der Waals surface area contributed by atoms with Gasteiger partial charge in [0.2, 0.25) is 5.95 Å². The second-order valence-corrected chi connectivity index (χ2v) is 6.44. The van der Waals surface area contributed by atoms with Gasteiger partial charge in [0.15, 0.2) is 0 Å². The molecule has 0 saturated heterocycles. The van der Waals surface area contributed by atoms with E-state index in [1.807, 2.05) is 35.8 Å². The standard InChI is InChI=1S/C20H23N5O4/c1-3-11-24-17-7-5-4-6-16(17)22-20(24)23-19(26)14-8-9-15(21-10-12-29-2)18(13-14)25(27)28/h4-9,13,21H,3,10-12H2,1-2H3,(H,22,23,26). The lowest BCUT2D eigenvalue weighted by atomic mass is 10.1. The minimum Gasteiger partial charge on any atom is -0.383 e. The maximum absolute atomic E-state index is 12.8. The Hall–Kier alpha value is -3.46. The molecule has 2 N–H and O–H groups in total.